The van der Waals surface area contributed by atoms with Crippen molar-refractivity contribution < 1.29 is 39.3 Å². The number of benzene rings is 1. The van der Waals surface area contributed by atoms with Gasteiger partial charge in [0.15, 0.2) is 0 Å². The Morgan fingerprint density at radius 1 is 0.946 bits per heavy atom. The summed E-state index contributed by atoms with van der Waals surface area (Å²) >= 11 is 1.39. The van der Waals surface area contributed by atoms with Gasteiger partial charge in [0.1, 0.15) is 23.9 Å². The van der Waals surface area contributed by atoms with Crippen LogP contribution >= 0.6 is 11.8 Å². The van der Waals surface area contributed by atoms with Crippen molar-refractivity contribution in [1.82, 2.24) is 16.0 Å². The zero-order chi connectivity index (χ0) is 28.1. The third-order valence-electron chi connectivity index (χ3n) is 5.33. The highest BCUT2D eigenvalue weighted by Crippen LogP contribution is 2.11. The molecule has 0 saturated carbocycles. The monoisotopic (exact) mass is 541 g/mol. The van der Waals surface area contributed by atoms with E-state index in [1.54, 1.807) is 18.4 Å². The Hall–Kier alpha value is -3.36. The van der Waals surface area contributed by atoms with Crippen molar-refractivity contribution in [3.05, 3.63) is 29.8 Å². The van der Waals surface area contributed by atoms with Gasteiger partial charge in [-0.1, -0.05) is 12.1 Å². The van der Waals surface area contributed by atoms with Crippen LogP contribution in [0.25, 0.3) is 0 Å². The summed E-state index contributed by atoms with van der Waals surface area (Å²) in [7, 11) is 0. The average Bonchev–Trinajstić information content (AvgIpc) is 2.83. The summed E-state index contributed by atoms with van der Waals surface area (Å²) in [4.78, 5) is 61.1. The van der Waals surface area contributed by atoms with E-state index in [2.05, 4.69) is 16.0 Å². The highest BCUT2D eigenvalue weighted by molar-refractivity contribution is 7.98. The summed E-state index contributed by atoms with van der Waals surface area (Å²) in [6.07, 6.45) is 0.0888. The maximum atomic E-state index is 13.0. The third-order valence-corrected chi connectivity index (χ3v) is 5.97. The van der Waals surface area contributed by atoms with E-state index in [9.17, 15) is 39.3 Å². The number of carboxylic acid groups (broad SMARTS) is 1. The fourth-order valence-electron chi connectivity index (χ4n) is 3.23. The summed E-state index contributed by atoms with van der Waals surface area (Å²) in [5, 5.41) is 35.8. The first-order chi connectivity index (χ1) is 17.3. The summed E-state index contributed by atoms with van der Waals surface area (Å²) in [6, 6.07) is 0.831. The van der Waals surface area contributed by atoms with E-state index in [1.165, 1.54) is 30.8 Å². The van der Waals surface area contributed by atoms with Gasteiger partial charge in [-0.05, 0) is 55.9 Å². The van der Waals surface area contributed by atoms with Crippen molar-refractivity contribution in [2.75, 3.05) is 12.0 Å². The molecular weight excluding hydrogens is 506 g/mol. The molecule has 0 spiro atoms. The number of nitrogens with one attached hydrogen (secondary N) is 3. The fraction of sp³-hybridized carbons (Fsp3) is 0.522. The molecule has 0 bridgehead atoms. The summed E-state index contributed by atoms with van der Waals surface area (Å²) in [5.41, 5.74) is 11.8. The van der Waals surface area contributed by atoms with E-state index in [0.717, 1.165) is 0 Å². The van der Waals surface area contributed by atoms with Gasteiger partial charge in [0.2, 0.25) is 23.6 Å². The molecule has 1 aromatic carbocycles. The van der Waals surface area contributed by atoms with Crippen LogP contribution in [0.5, 0.6) is 5.75 Å². The molecule has 0 fully saturated rings. The molecule has 0 radical (unpaired) electrons. The molecule has 10 N–H and O–H groups in total. The van der Waals surface area contributed by atoms with Gasteiger partial charge in [0.25, 0.3) is 0 Å². The van der Waals surface area contributed by atoms with E-state index in [-0.39, 0.29) is 31.4 Å². The number of phenolic OH excluding ortho intramolecular Hbond substituents is 1. The maximum absolute atomic E-state index is 13.0. The largest absolute Gasteiger partial charge is 0.508 e. The topological polar surface area (TPSA) is 234 Å². The number of hydrogen-bond donors (Lipinski definition) is 8. The van der Waals surface area contributed by atoms with Crippen molar-refractivity contribution in [2.45, 2.75) is 62.9 Å². The van der Waals surface area contributed by atoms with Gasteiger partial charge < -0.3 is 42.7 Å². The Labute approximate surface area is 218 Å². The first kappa shape index (κ1) is 31.7. The predicted octanol–water partition coefficient (Wildman–Crippen LogP) is -1.80. The number of carbonyl (C=O) groups is 5. The minimum atomic E-state index is -1.54. The second-order valence-electron chi connectivity index (χ2n) is 8.45. The molecular formula is C23H35N5O8S. The van der Waals surface area contributed by atoms with Crippen molar-refractivity contribution in [3.8, 4) is 5.75 Å². The number of aliphatic hydroxyl groups excluding tert-OH is 1. The van der Waals surface area contributed by atoms with Crippen LogP contribution in [0.4, 0.5) is 0 Å². The van der Waals surface area contributed by atoms with E-state index in [1.807, 2.05) is 0 Å². The lowest BCUT2D eigenvalue weighted by Gasteiger charge is -2.26. The zero-order valence-corrected chi connectivity index (χ0v) is 21.5. The van der Waals surface area contributed by atoms with Crippen LogP contribution in [0.1, 0.15) is 31.7 Å². The second-order valence-corrected chi connectivity index (χ2v) is 9.44. The number of aliphatic hydroxyl groups is 1. The Kier molecular flexibility index (Phi) is 13.4. The highest BCUT2D eigenvalue weighted by Gasteiger charge is 2.32. The smallest absolute Gasteiger partial charge is 0.326 e. The van der Waals surface area contributed by atoms with Crippen LogP contribution in [-0.4, -0.2) is 87.2 Å². The van der Waals surface area contributed by atoms with Crippen molar-refractivity contribution >= 4 is 41.4 Å². The van der Waals surface area contributed by atoms with Gasteiger partial charge in [0, 0.05) is 6.42 Å². The highest BCUT2D eigenvalue weighted by atomic mass is 32.2. The van der Waals surface area contributed by atoms with E-state index >= 15 is 0 Å². The number of carbonyl (C=O) groups excluding carboxylic acids is 4. The van der Waals surface area contributed by atoms with Gasteiger partial charge in [0.05, 0.1) is 12.1 Å². The molecule has 0 aliphatic carbocycles. The molecule has 37 heavy (non-hydrogen) atoms. The first-order valence-corrected chi connectivity index (χ1v) is 12.9. The minimum absolute atomic E-state index is 0.0422. The number of nitrogens with two attached hydrogens (primary N) is 2. The summed E-state index contributed by atoms with van der Waals surface area (Å²) in [5.74, 6) is -4.06. The Bertz CT molecular complexity index is 944. The number of phenols is 1. The Morgan fingerprint density at radius 2 is 1.54 bits per heavy atom. The van der Waals surface area contributed by atoms with E-state index in [0.29, 0.717) is 11.3 Å². The van der Waals surface area contributed by atoms with Crippen LogP contribution in [-0.2, 0) is 30.4 Å². The van der Waals surface area contributed by atoms with Crippen molar-refractivity contribution in [3.63, 3.8) is 0 Å². The van der Waals surface area contributed by atoms with Crippen LogP contribution in [0, 0.1) is 0 Å². The number of primary amides is 1. The van der Waals surface area contributed by atoms with Gasteiger partial charge >= 0.3 is 5.97 Å². The SMILES string of the molecule is CSCCC(NC(=O)C(NC(=O)C(CCC(N)=O)NC(=O)C(N)Cc1ccc(O)cc1)C(C)O)C(=O)O. The number of aliphatic carboxylic acids is 1. The zero-order valence-electron chi connectivity index (χ0n) is 20.7. The second kappa shape index (κ2) is 15.7. The molecule has 0 aliphatic heterocycles. The molecule has 4 amide bonds. The van der Waals surface area contributed by atoms with Crippen molar-refractivity contribution in [2.24, 2.45) is 11.5 Å². The van der Waals surface area contributed by atoms with E-state index < -0.39 is 59.9 Å². The molecule has 5 unspecified atom stereocenters. The number of thioether (sulfide) groups is 1. The minimum Gasteiger partial charge on any atom is -0.508 e. The number of aromatic hydroxyl groups is 1. The lowest BCUT2D eigenvalue weighted by atomic mass is 10.0. The number of hydrogen-bond acceptors (Lipinski definition) is 9. The summed E-state index contributed by atoms with van der Waals surface area (Å²) in [6.45, 7) is 1.23. The molecule has 0 heterocycles. The van der Waals surface area contributed by atoms with E-state index in [4.69, 9.17) is 11.5 Å². The van der Waals surface area contributed by atoms with Gasteiger partial charge in [-0.25, -0.2) is 4.79 Å². The maximum Gasteiger partial charge on any atom is 0.326 e. The van der Waals surface area contributed by atoms with Crippen LogP contribution < -0.4 is 27.4 Å². The first-order valence-electron chi connectivity index (χ1n) is 11.5. The lowest BCUT2D eigenvalue weighted by molar-refractivity contribution is -0.143. The van der Waals surface area contributed by atoms with Crippen molar-refractivity contribution in [1.29, 1.82) is 0 Å². The standard InChI is InChI=1S/C23H35N5O8S/c1-12(29)19(22(34)27-17(23(35)36)9-10-37-2)28-21(33)16(7-8-18(25)31)26-20(32)15(24)11-13-3-5-14(30)6-4-13/h3-6,12,15-17,19,29-30H,7-11,24H2,1-2H3,(H2,25,31)(H,26,32)(H,27,34)(H,28,33)(H,35,36). The molecule has 14 heteroatoms. The Balaban J connectivity index is 2.95. The predicted molar refractivity (Wildman–Crippen MR) is 136 cm³/mol. The molecule has 1 aromatic rings. The van der Waals surface area contributed by atoms with Gasteiger partial charge in [-0.3, -0.25) is 19.2 Å². The average molecular weight is 542 g/mol. The number of carboxylic acids is 1. The fourth-order valence-corrected chi connectivity index (χ4v) is 3.70. The molecule has 0 aromatic heterocycles. The molecule has 206 valence electrons. The number of rotatable bonds is 16. The number of amides is 4. The van der Waals surface area contributed by atoms with Crippen LogP contribution in [0.3, 0.4) is 0 Å². The third kappa shape index (κ3) is 11.5. The lowest BCUT2D eigenvalue weighted by Crippen LogP contribution is -2.60. The quantitative estimate of drug-likeness (QED) is 0.117. The molecule has 5 atom stereocenters. The summed E-state index contributed by atoms with van der Waals surface area (Å²) < 4.78 is 0. The molecule has 13 nitrogen and oxygen atoms in total. The van der Waals surface area contributed by atoms with Gasteiger partial charge in [-0.2, -0.15) is 11.8 Å². The Morgan fingerprint density at radius 3 is 2.05 bits per heavy atom. The molecule has 1 rings (SSSR count). The van der Waals surface area contributed by atoms with Crippen LogP contribution in [0.15, 0.2) is 24.3 Å². The normalized spacial score (nSPS) is 14.9. The van der Waals surface area contributed by atoms with Gasteiger partial charge in [-0.15, -0.1) is 0 Å². The molecule has 0 saturated heterocycles. The molecule has 0 aliphatic rings. The van der Waals surface area contributed by atoms with Crippen LogP contribution in [0.2, 0.25) is 0 Å².